The number of rotatable bonds is 3. The topological polar surface area (TPSA) is 70.6 Å². The molecule has 2 aromatic rings. The minimum absolute atomic E-state index is 0.0309. The Hall–Kier alpha value is -2.47. The molecular formula is C14H12FN3OS. The van der Waals surface area contributed by atoms with E-state index in [2.05, 4.69) is 10.5 Å². The maximum atomic E-state index is 13.0. The lowest BCUT2D eigenvalue weighted by atomic mass is 10.0. The maximum absolute atomic E-state index is 13.0. The molecule has 0 saturated heterocycles. The smallest absolute Gasteiger partial charge is 0.184 e. The molecule has 102 valence electrons. The minimum Gasteiger partial charge on any atom is -0.508 e. The number of thiocarbonyl (C=S) groups is 1. The Balaban J connectivity index is 2.44. The third kappa shape index (κ3) is 3.52. The summed E-state index contributed by atoms with van der Waals surface area (Å²) in [4.78, 5) is 0. The van der Waals surface area contributed by atoms with Crippen LogP contribution in [0.5, 0.6) is 5.75 Å². The van der Waals surface area contributed by atoms with Gasteiger partial charge in [0.25, 0.3) is 0 Å². The SMILES string of the molecule is NC(=S)N/N=C(/c1ccc(O)cc1)c1ccc(F)cc1. The summed E-state index contributed by atoms with van der Waals surface area (Å²) < 4.78 is 13.0. The summed E-state index contributed by atoms with van der Waals surface area (Å²) >= 11 is 4.71. The lowest BCUT2D eigenvalue weighted by Crippen LogP contribution is -2.26. The van der Waals surface area contributed by atoms with Crippen LogP contribution in [-0.2, 0) is 0 Å². The molecule has 0 saturated carbocycles. The molecule has 6 heteroatoms. The third-order valence-electron chi connectivity index (χ3n) is 2.54. The first-order chi connectivity index (χ1) is 9.56. The van der Waals surface area contributed by atoms with Crippen LogP contribution in [0.1, 0.15) is 11.1 Å². The molecule has 4 N–H and O–H groups in total. The van der Waals surface area contributed by atoms with E-state index < -0.39 is 0 Å². The lowest BCUT2D eigenvalue weighted by molar-refractivity contribution is 0.475. The first kappa shape index (κ1) is 14.0. The first-order valence-electron chi connectivity index (χ1n) is 5.75. The molecule has 0 unspecified atom stereocenters. The molecule has 4 nitrogen and oxygen atoms in total. The fourth-order valence-corrected chi connectivity index (χ4v) is 1.68. The molecule has 0 bridgehead atoms. The zero-order valence-corrected chi connectivity index (χ0v) is 11.2. The van der Waals surface area contributed by atoms with Crippen molar-refractivity contribution >= 4 is 23.0 Å². The molecule has 0 fully saturated rings. The molecule has 20 heavy (non-hydrogen) atoms. The predicted molar refractivity (Wildman–Crippen MR) is 80.1 cm³/mol. The predicted octanol–water partition coefficient (Wildman–Crippen LogP) is 2.12. The molecule has 0 radical (unpaired) electrons. The van der Waals surface area contributed by atoms with Crippen molar-refractivity contribution in [3.8, 4) is 5.75 Å². The van der Waals surface area contributed by atoms with Crippen LogP contribution < -0.4 is 11.2 Å². The second kappa shape index (κ2) is 6.12. The summed E-state index contributed by atoms with van der Waals surface area (Å²) in [5.74, 6) is -0.185. The molecule has 0 spiro atoms. The van der Waals surface area contributed by atoms with Crippen LogP contribution >= 0.6 is 12.2 Å². The van der Waals surface area contributed by atoms with Crippen molar-refractivity contribution in [2.75, 3.05) is 0 Å². The van der Waals surface area contributed by atoms with E-state index in [1.165, 1.54) is 24.3 Å². The van der Waals surface area contributed by atoms with Crippen LogP contribution in [0.3, 0.4) is 0 Å². The van der Waals surface area contributed by atoms with Gasteiger partial charge in [0.2, 0.25) is 0 Å². The highest BCUT2D eigenvalue weighted by molar-refractivity contribution is 7.80. The highest BCUT2D eigenvalue weighted by atomic mass is 32.1. The third-order valence-corrected chi connectivity index (χ3v) is 2.63. The first-order valence-corrected chi connectivity index (χ1v) is 6.15. The van der Waals surface area contributed by atoms with Crippen molar-refractivity contribution in [2.45, 2.75) is 0 Å². The monoisotopic (exact) mass is 289 g/mol. The molecule has 2 rings (SSSR count). The number of nitrogens with one attached hydrogen (secondary N) is 1. The summed E-state index contributed by atoms with van der Waals surface area (Å²) in [7, 11) is 0. The van der Waals surface area contributed by atoms with Crippen molar-refractivity contribution < 1.29 is 9.50 Å². The van der Waals surface area contributed by atoms with Crippen LogP contribution in [-0.4, -0.2) is 15.9 Å². The van der Waals surface area contributed by atoms with Crippen LogP contribution in [0.15, 0.2) is 53.6 Å². The fraction of sp³-hybridized carbons (Fsp3) is 0. The Morgan fingerprint density at radius 1 is 1.05 bits per heavy atom. The molecule has 0 atom stereocenters. The van der Waals surface area contributed by atoms with E-state index in [1.54, 1.807) is 24.3 Å². The fourth-order valence-electron chi connectivity index (χ4n) is 1.63. The number of hydrogen-bond acceptors (Lipinski definition) is 3. The summed E-state index contributed by atoms with van der Waals surface area (Å²) in [5, 5.41) is 13.5. The van der Waals surface area contributed by atoms with Crippen molar-refractivity contribution in [1.82, 2.24) is 5.43 Å². The molecule has 0 aliphatic rings. The zero-order chi connectivity index (χ0) is 14.5. The van der Waals surface area contributed by atoms with Gasteiger partial charge in [-0.15, -0.1) is 0 Å². The Kier molecular flexibility index (Phi) is 4.27. The summed E-state index contributed by atoms with van der Waals surface area (Å²) in [6, 6.07) is 12.3. The van der Waals surface area contributed by atoms with Gasteiger partial charge >= 0.3 is 0 Å². The Labute approximate surface area is 120 Å². The standard InChI is InChI=1S/C14H12FN3OS/c15-11-5-1-9(2-6-11)13(17-18-14(16)20)10-3-7-12(19)8-4-10/h1-8,19H,(H3,16,18,20)/b17-13+. The summed E-state index contributed by atoms with van der Waals surface area (Å²) in [6.07, 6.45) is 0. The maximum Gasteiger partial charge on any atom is 0.184 e. The molecule has 0 amide bonds. The molecule has 0 aliphatic carbocycles. The average molecular weight is 289 g/mol. The lowest BCUT2D eigenvalue weighted by Gasteiger charge is -2.08. The number of hydrogen-bond donors (Lipinski definition) is 3. The average Bonchev–Trinajstić information content (AvgIpc) is 2.42. The van der Waals surface area contributed by atoms with Crippen LogP contribution in [0.2, 0.25) is 0 Å². The number of hydrazone groups is 1. The van der Waals surface area contributed by atoms with Crippen LogP contribution in [0.4, 0.5) is 4.39 Å². The quantitative estimate of drug-likeness (QED) is 0.460. The number of halogens is 1. The molecule has 0 heterocycles. The summed E-state index contributed by atoms with van der Waals surface area (Å²) in [6.45, 7) is 0. The van der Waals surface area contributed by atoms with Gasteiger partial charge in [-0.3, -0.25) is 5.43 Å². The van der Waals surface area contributed by atoms with Crippen LogP contribution in [0, 0.1) is 5.82 Å². The van der Waals surface area contributed by atoms with Gasteiger partial charge in [0.05, 0.1) is 5.71 Å². The van der Waals surface area contributed by atoms with E-state index in [9.17, 15) is 9.50 Å². The van der Waals surface area contributed by atoms with Gasteiger partial charge in [0.15, 0.2) is 5.11 Å². The Morgan fingerprint density at radius 3 is 2.05 bits per heavy atom. The summed E-state index contributed by atoms with van der Waals surface area (Å²) in [5.41, 5.74) is 9.84. The van der Waals surface area contributed by atoms with Gasteiger partial charge in [-0.1, -0.05) is 0 Å². The normalized spacial score (nSPS) is 11.2. The molecular weight excluding hydrogens is 277 g/mol. The van der Waals surface area contributed by atoms with E-state index in [0.717, 1.165) is 5.56 Å². The van der Waals surface area contributed by atoms with Crippen molar-refractivity contribution in [1.29, 1.82) is 0 Å². The molecule has 0 aliphatic heterocycles. The Bertz CT molecular complexity index is 591. The minimum atomic E-state index is -0.332. The van der Waals surface area contributed by atoms with E-state index in [4.69, 9.17) is 18.0 Å². The van der Waals surface area contributed by atoms with E-state index in [0.29, 0.717) is 11.3 Å². The number of benzene rings is 2. The van der Waals surface area contributed by atoms with E-state index in [1.807, 2.05) is 0 Å². The van der Waals surface area contributed by atoms with Gasteiger partial charge in [0.1, 0.15) is 11.6 Å². The van der Waals surface area contributed by atoms with Crippen molar-refractivity contribution in [2.24, 2.45) is 10.8 Å². The van der Waals surface area contributed by atoms with Gasteiger partial charge in [0, 0.05) is 11.1 Å². The highest BCUT2D eigenvalue weighted by Crippen LogP contribution is 2.15. The number of phenols is 1. The van der Waals surface area contributed by atoms with Gasteiger partial charge in [-0.05, 0) is 60.7 Å². The number of phenolic OH excluding ortho intramolecular Hbond substituents is 1. The van der Waals surface area contributed by atoms with Gasteiger partial charge < -0.3 is 10.8 Å². The second-order valence-corrected chi connectivity index (χ2v) is 4.43. The molecule has 2 aromatic carbocycles. The highest BCUT2D eigenvalue weighted by Gasteiger charge is 2.08. The number of aromatic hydroxyl groups is 1. The van der Waals surface area contributed by atoms with Gasteiger partial charge in [-0.25, -0.2) is 4.39 Å². The molecule has 0 aromatic heterocycles. The van der Waals surface area contributed by atoms with E-state index >= 15 is 0 Å². The van der Waals surface area contributed by atoms with Crippen LogP contribution in [0.25, 0.3) is 0 Å². The second-order valence-electron chi connectivity index (χ2n) is 3.99. The largest absolute Gasteiger partial charge is 0.508 e. The zero-order valence-electron chi connectivity index (χ0n) is 10.4. The van der Waals surface area contributed by atoms with Gasteiger partial charge in [-0.2, -0.15) is 5.10 Å². The number of nitrogens with two attached hydrogens (primary N) is 1. The Morgan fingerprint density at radius 2 is 1.55 bits per heavy atom. The van der Waals surface area contributed by atoms with Crippen molar-refractivity contribution in [3.05, 3.63) is 65.5 Å². The number of nitrogens with zero attached hydrogens (tertiary/aromatic N) is 1. The van der Waals surface area contributed by atoms with E-state index in [-0.39, 0.29) is 16.7 Å². The van der Waals surface area contributed by atoms with Crippen molar-refractivity contribution in [3.63, 3.8) is 0 Å².